The van der Waals surface area contributed by atoms with Gasteiger partial charge in [-0.25, -0.2) is 13.2 Å². The number of nitrogens with zero attached hydrogens (tertiary/aromatic N) is 4. The number of rotatable bonds is 4. The van der Waals surface area contributed by atoms with Gasteiger partial charge in [0.15, 0.2) is 5.82 Å². The molecule has 0 spiro atoms. The van der Waals surface area contributed by atoms with Crippen LogP contribution >= 0.6 is 0 Å². The molecule has 2 heterocycles. The number of hydrogen-bond acceptors (Lipinski definition) is 3. The number of carbonyl (C=O) groups is 1. The van der Waals surface area contributed by atoms with Gasteiger partial charge in [-0.3, -0.25) is 4.79 Å². The Kier molecular flexibility index (Phi) is 3.77. The highest BCUT2D eigenvalue weighted by molar-refractivity contribution is 5.81. The van der Waals surface area contributed by atoms with E-state index in [1.807, 2.05) is 0 Å². The Labute approximate surface area is 142 Å². The highest BCUT2D eigenvalue weighted by Crippen LogP contribution is 2.43. The number of benzene rings is 1. The number of carbonyl (C=O) groups excluding carboxylic acids is 1. The van der Waals surface area contributed by atoms with Crippen molar-refractivity contribution in [1.82, 2.24) is 19.7 Å². The molecule has 8 heteroatoms. The molecule has 1 aliphatic heterocycles. The predicted molar refractivity (Wildman–Crippen MR) is 82.3 cm³/mol. The summed E-state index contributed by atoms with van der Waals surface area (Å²) in [5.74, 6) is -3.29. The molecule has 0 bridgehead atoms. The fraction of sp³-hybridized carbons (Fsp3) is 0.471. The fourth-order valence-corrected chi connectivity index (χ4v) is 3.27. The summed E-state index contributed by atoms with van der Waals surface area (Å²) in [4.78, 5) is 13.7. The minimum absolute atomic E-state index is 0.134. The van der Waals surface area contributed by atoms with Gasteiger partial charge in [0.2, 0.25) is 5.91 Å². The lowest BCUT2D eigenvalue weighted by Crippen LogP contribution is -2.35. The molecule has 1 aromatic heterocycles. The molecule has 1 saturated heterocycles. The van der Waals surface area contributed by atoms with Crippen molar-refractivity contribution in [1.29, 1.82) is 0 Å². The molecular weight excluding hydrogens is 333 g/mol. The maximum absolute atomic E-state index is 14.0. The molecule has 0 radical (unpaired) electrons. The molecular formula is C17H17F3N4O. The Hall–Kier alpha value is -2.38. The van der Waals surface area contributed by atoms with Gasteiger partial charge in [-0.1, -0.05) is 12.1 Å². The van der Waals surface area contributed by atoms with Crippen molar-refractivity contribution in [3.8, 4) is 0 Å². The molecule has 25 heavy (non-hydrogen) atoms. The third-order valence-electron chi connectivity index (χ3n) is 4.69. The minimum atomic E-state index is -2.93. The lowest BCUT2D eigenvalue weighted by Gasteiger charge is -2.23. The third kappa shape index (κ3) is 3.25. The molecule has 2 aliphatic rings. The molecule has 1 aromatic carbocycles. The van der Waals surface area contributed by atoms with Crippen LogP contribution in [0.3, 0.4) is 0 Å². The van der Waals surface area contributed by atoms with Gasteiger partial charge in [-0.05, 0) is 30.5 Å². The van der Waals surface area contributed by atoms with Crippen LogP contribution in [0.2, 0.25) is 0 Å². The maximum atomic E-state index is 14.0. The summed E-state index contributed by atoms with van der Waals surface area (Å²) in [7, 11) is 0. The molecule has 0 N–H and O–H groups in total. The van der Waals surface area contributed by atoms with E-state index in [0.29, 0.717) is 12.4 Å². The van der Waals surface area contributed by atoms with Gasteiger partial charge in [-0.15, -0.1) is 10.2 Å². The summed E-state index contributed by atoms with van der Waals surface area (Å²) in [6, 6.07) is 5.13. The van der Waals surface area contributed by atoms with Crippen molar-refractivity contribution in [2.75, 3.05) is 6.54 Å². The monoisotopic (exact) mass is 350 g/mol. The van der Waals surface area contributed by atoms with Crippen molar-refractivity contribution < 1.29 is 18.0 Å². The number of alkyl halides is 2. The van der Waals surface area contributed by atoms with E-state index in [0.717, 1.165) is 18.4 Å². The van der Waals surface area contributed by atoms with E-state index in [9.17, 15) is 18.0 Å². The van der Waals surface area contributed by atoms with Crippen molar-refractivity contribution in [2.45, 2.75) is 37.8 Å². The Bertz CT molecular complexity index is 785. The summed E-state index contributed by atoms with van der Waals surface area (Å²) in [5.41, 5.74) is 0.798. The topological polar surface area (TPSA) is 51.0 Å². The smallest absolute Gasteiger partial charge is 0.267 e. The van der Waals surface area contributed by atoms with E-state index in [1.54, 1.807) is 16.7 Å². The van der Waals surface area contributed by atoms with E-state index in [-0.39, 0.29) is 17.6 Å². The highest BCUT2D eigenvalue weighted by atomic mass is 19.3. The van der Waals surface area contributed by atoms with Crippen molar-refractivity contribution >= 4 is 5.91 Å². The van der Waals surface area contributed by atoms with Crippen LogP contribution in [0.5, 0.6) is 0 Å². The SMILES string of the molecule is O=C(C1CC1)N1CC(F)(F)C[C@H]1c1nncn1Cc1ccc(F)cc1. The molecule has 0 unspecified atom stereocenters. The second-order valence-electron chi connectivity index (χ2n) is 6.76. The lowest BCUT2D eigenvalue weighted by atomic mass is 10.1. The Balaban J connectivity index is 1.61. The van der Waals surface area contributed by atoms with Crippen molar-refractivity contribution in [3.05, 3.63) is 47.8 Å². The normalized spacial score (nSPS) is 22.4. The van der Waals surface area contributed by atoms with Crippen LogP contribution in [-0.4, -0.2) is 38.0 Å². The van der Waals surface area contributed by atoms with E-state index < -0.39 is 24.9 Å². The van der Waals surface area contributed by atoms with E-state index in [1.165, 1.54) is 23.4 Å². The van der Waals surface area contributed by atoms with Gasteiger partial charge < -0.3 is 9.47 Å². The number of halogens is 3. The Morgan fingerprint density at radius 3 is 2.64 bits per heavy atom. The van der Waals surface area contributed by atoms with Crippen LogP contribution in [-0.2, 0) is 11.3 Å². The first-order valence-electron chi connectivity index (χ1n) is 8.23. The van der Waals surface area contributed by atoms with Gasteiger partial charge in [0.1, 0.15) is 12.1 Å². The third-order valence-corrected chi connectivity index (χ3v) is 4.69. The summed E-state index contributed by atoms with van der Waals surface area (Å²) in [5, 5.41) is 7.84. The quantitative estimate of drug-likeness (QED) is 0.852. The van der Waals surface area contributed by atoms with Gasteiger partial charge in [0.05, 0.1) is 19.1 Å². The second-order valence-corrected chi connectivity index (χ2v) is 6.76. The zero-order valence-corrected chi connectivity index (χ0v) is 13.4. The van der Waals surface area contributed by atoms with E-state index >= 15 is 0 Å². The Morgan fingerprint density at radius 1 is 1.24 bits per heavy atom. The van der Waals surface area contributed by atoms with Crippen molar-refractivity contribution in [3.63, 3.8) is 0 Å². The number of aromatic nitrogens is 3. The largest absolute Gasteiger partial charge is 0.326 e. The van der Waals surface area contributed by atoms with Crippen LogP contribution in [0.1, 0.15) is 36.7 Å². The molecule has 4 rings (SSSR count). The Morgan fingerprint density at radius 2 is 1.96 bits per heavy atom. The number of amides is 1. The predicted octanol–water partition coefficient (Wildman–Crippen LogP) is 2.78. The zero-order valence-electron chi connectivity index (χ0n) is 13.4. The average Bonchev–Trinajstić information content (AvgIpc) is 3.24. The molecule has 1 saturated carbocycles. The first-order chi connectivity index (χ1) is 11.9. The molecule has 1 aliphatic carbocycles. The first-order valence-corrected chi connectivity index (χ1v) is 8.23. The van der Waals surface area contributed by atoms with Crippen LogP contribution in [0.15, 0.2) is 30.6 Å². The highest BCUT2D eigenvalue weighted by Gasteiger charge is 2.51. The zero-order chi connectivity index (χ0) is 17.6. The molecule has 2 fully saturated rings. The first kappa shape index (κ1) is 16.1. The van der Waals surface area contributed by atoms with Gasteiger partial charge in [0.25, 0.3) is 5.92 Å². The maximum Gasteiger partial charge on any atom is 0.267 e. The van der Waals surface area contributed by atoms with Gasteiger partial charge in [-0.2, -0.15) is 0 Å². The van der Waals surface area contributed by atoms with E-state index in [2.05, 4.69) is 10.2 Å². The minimum Gasteiger partial charge on any atom is -0.326 e. The molecule has 2 aromatic rings. The molecule has 5 nitrogen and oxygen atoms in total. The molecule has 132 valence electrons. The van der Waals surface area contributed by atoms with Gasteiger partial charge >= 0.3 is 0 Å². The number of likely N-dealkylation sites (tertiary alicyclic amines) is 1. The summed E-state index contributed by atoms with van der Waals surface area (Å²) in [6.45, 7) is -0.243. The van der Waals surface area contributed by atoms with Crippen LogP contribution in [0.4, 0.5) is 13.2 Å². The molecule has 1 atom stereocenters. The van der Waals surface area contributed by atoms with Crippen LogP contribution < -0.4 is 0 Å². The average molecular weight is 350 g/mol. The van der Waals surface area contributed by atoms with Gasteiger partial charge in [0, 0.05) is 12.3 Å². The van der Waals surface area contributed by atoms with Crippen molar-refractivity contribution in [2.24, 2.45) is 5.92 Å². The summed E-state index contributed by atoms with van der Waals surface area (Å²) < 4.78 is 42.7. The van der Waals surface area contributed by atoms with Crippen LogP contribution in [0, 0.1) is 11.7 Å². The standard InChI is InChI=1S/C17H17F3N4O/c18-13-5-1-11(2-6-13)8-23-10-21-22-15(23)14-7-17(19,20)9-24(14)16(25)12-3-4-12/h1-2,5-6,10,12,14H,3-4,7-9H2/t14-/m0/s1. The van der Waals surface area contributed by atoms with Crippen LogP contribution in [0.25, 0.3) is 0 Å². The second kappa shape index (κ2) is 5.86. The summed E-state index contributed by atoms with van der Waals surface area (Å²) in [6.07, 6.45) is 2.52. The number of hydrogen-bond donors (Lipinski definition) is 0. The lowest BCUT2D eigenvalue weighted by molar-refractivity contribution is -0.134. The van der Waals surface area contributed by atoms with E-state index in [4.69, 9.17) is 0 Å². The summed E-state index contributed by atoms with van der Waals surface area (Å²) >= 11 is 0. The fourth-order valence-electron chi connectivity index (χ4n) is 3.27. The molecule has 1 amide bonds.